The fourth-order valence-corrected chi connectivity index (χ4v) is 7.53. The summed E-state index contributed by atoms with van der Waals surface area (Å²) >= 11 is 6.57. The number of carbonyl (C=O) groups excluding carboxylic acids is 3. The van der Waals surface area contributed by atoms with Gasteiger partial charge in [-0.1, -0.05) is 24.4 Å². The molecular weight excluding hydrogens is 572 g/mol. The van der Waals surface area contributed by atoms with Crippen LogP contribution in [0.2, 0.25) is 5.02 Å². The molecule has 2 aromatic carbocycles. The van der Waals surface area contributed by atoms with Crippen molar-refractivity contribution < 1.29 is 33.7 Å². The zero-order chi connectivity index (χ0) is 30.3. The van der Waals surface area contributed by atoms with Gasteiger partial charge in [0.05, 0.1) is 32.1 Å². The molecule has 0 bridgehead atoms. The largest absolute Gasteiger partial charge is 0.508 e. The number of hydrogen-bond acceptors (Lipinski definition) is 7. The van der Waals surface area contributed by atoms with E-state index >= 15 is 0 Å². The predicted molar refractivity (Wildman–Crippen MR) is 159 cm³/mol. The third-order valence-corrected chi connectivity index (χ3v) is 10.2. The summed E-state index contributed by atoms with van der Waals surface area (Å²) in [6, 6.07) is 8.01. The SMILES string of the molecule is COc1ccc(COC(=O)C2CCCC[C@H]2C(=O)N2CCc3c(Cl)ccc(O)c3C2CN2CC3(CC3)CC2=O)c(OC)c1. The number of phenols is 1. The molecule has 230 valence electrons. The first-order chi connectivity index (χ1) is 20.7. The van der Waals surface area contributed by atoms with Gasteiger partial charge in [0.2, 0.25) is 11.8 Å². The van der Waals surface area contributed by atoms with Crippen LogP contribution < -0.4 is 9.47 Å². The number of carbonyl (C=O) groups is 3. The molecule has 1 spiro atoms. The highest BCUT2D eigenvalue weighted by Crippen LogP contribution is 2.54. The smallest absolute Gasteiger partial charge is 0.310 e. The van der Waals surface area contributed by atoms with E-state index in [1.54, 1.807) is 49.5 Å². The summed E-state index contributed by atoms with van der Waals surface area (Å²) in [7, 11) is 3.12. The number of rotatable bonds is 8. The number of amides is 2. The van der Waals surface area contributed by atoms with Gasteiger partial charge in [-0.15, -0.1) is 0 Å². The topological polar surface area (TPSA) is 106 Å². The Morgan fingerprint density at radius 1 is 1.07 bits per heavy atom. The third kappa shape index (κ3) is 5.76. The Morgan fingerprint density at radius 2 is 1.84 bits per heavy atom. The minimum Gasteiger partial charge on any atom is -0.508 e. The molecule has 2 amide bonds. The maximum atomic E-state index is 14.4. The second-order valence-electron chi connectivity index (χ2n) is 12.5. The average molecular weight is 611 g/mol. The number of hydrogen-bond donors (Lipinski definition) is 1. The van der Waals surface area contributed by atoms with Gasteiger partial charge in [0.25, 0.3) is 0 Å². The first kappa shape index (κ1) is 29.6. The number of esters is 1. The number of likely N-dealkylation sites (tertiary alicyclic amines) is 1. The number of methoxy groups -OCH3 is 2. The predicted octanol–water partition coefficient (Wildman–Crippen LogP) is 5.05. The Bertz CT molecular complexity index is 1420. The number of aromatic hydroxyl groups is 1. The lowest BCUT2D eigenvalue weighted by atomic mass is 9.77. The number of halogens is 1. The molecule has 3 atom stereocenters. The quantitative estimate of drug-likeness (QED) is 0.417. The second-order valence-corrected chi connectivity index (χ2v) is 12.9. The Morgan fingerprint density at radius 3 is 2.53 bits per heavy atom. The van der Waals surface area contributed by atoms with Crippen LogP contribution in [-0.2, 0) is 32.1 Å². The summed E-state index contributed by atoms with van der Waals surface area (Å²) in [6.07, 6.45) is 5.94. The van der Waals surface area contributed by atoms with Crippen LogP contribution in [0.4, 0.5) is 0 Å². The van der Waals surface area contributed by atoms with Gasteiger partial charge >= 0.3 is 5.97 Å². The monoisotopic (exact) mass is 610 g/mol. The Labute approximate surface area is 257 Å². The molecule has 2 aromatic rings. The van der Waals surface area contributed by atoms with Crippen molar-refractivity contribution >= 4 is 29.4 Å². The van der Waals surface area contributed by atoms with Crippen molar-refractivity contribution in [2.75, 3.05) is 33.9 Å². The van der Waals surface area contributed by atoms with Crippen molar-refractivity contribution in [1.29, 1.82) is 0 Å². The van der Waals surface area contributed by atoms with Crippen molar-refractivity contribution in [1.82, 2.24) is 9.80 Å². The van der Waals surface area contributed by atoms with Gasteiger partial charge in [-0.3, -0.25) is 14.4 Å². The summed E-state index contributed by atoms with van der Waals surface area (Å²) in [6.45, 7) is 1.39. The van der Waals surface area contributed by atoms with E-state index in [9.17, 15) is 19.5 Å². The van der Waals surface area contributed by atoms with Crippen molar-refractivity contribution in [3.63, 3.8) is 0 Å². The van der Waals surface area contributed by atoms with Crippen molar-refractivity contribution in [2.24, 2.45) is 17.3 Å². The van der Waals surface area contributed by atoms with E-state index in [0.717, 1.165) is 31.2 Å². The molecule has 2 saturated carbocycles. The highest BCUT2D eigenvalue weighted by Gasteiger charge is 2.53. The molecule has 2 aliphatic carbocycles. The molecule has 0 radical (unpaired) electrons. The third-order valence-electron chi connectivity index (χ3n) is 9.88. The molecule has 2 heterocycles. The van der Waals surface area contributed by atoms with E-state index in [4.69, 9.17) is 25.8 Å². The van der Waals surface area contributed by atoms with Gasteiger partial charge in [-0.2, -0.15) is 0 Å². The van der Waals surface area contributed by atoms with Gasteiger partial charge in [0.15, 0.2) is 0 Å². The molecule has 6 rings (SSSR count). The maximum Gasteiger partial charge on any atom is 0.310 e. The normalized spacial score (nSPS) is 24.1. The first-order valence-corrected chi connectivity index (χ1v) is 15.6. The van der Waals surface area contributed by atoms with Crippen LogP contribution in [0.5, 0.6) is 17.2 Å². The molecular formula is C33H39ClN2O7. The van der Waals surface area contributed by atoms with Crippen LogP contribution in [0.15, 0.2) is 30.3 Å². The summed E-state index contributed by atoms with van der Waals surface area (Å²) in [5.41, 5.74) is 2.21. The number of phenolic OH excluding ortho intramolecular Hbond substituents is 1. The van der Waals surface area contributed by atoms with Crippen LogP contribution in [0, 0.1) is 17.3 Å². The minimum absolute atomic E-state index is 0.0221. The molecule has 2 unspecified atom stereocenters. The minimum atomic E-state index is -0.580. The average Bonchev–Trinajstić information content (AvgIpc) is 3.71. The lowest BCUT2D eigenvalue weighted by Gasteiger charge is -2.42. The Hall–Kier alpha value is -3.46. The van der Waals surface area contributed by atoms with Crippen LogP contribution >= 0.6 is 11.6 Å². The number of fused-ring (bicyclic) bond motifs is 1. The fraction of sp³-hybridized carbons (Fsp3) is 0.545. The number of benzene rings is 2. The molecule has 10 heteroatoms. The summed E-state index contributed by atoms with van der Waals surface area (Å²) in [5, 5.41) is 11.6. The summed E-state index contributed by atoms with van der Waals surface area (Å²) in [4.78, 5) is 44.5. The van der Waals surface area contributed by atoms with Gasteiger partial charge in [-0.25, -0.2) is 0 Å². The fourth-order valence-electron chi connectivity index (χ4n) is 7.27. The van der Waals surface area contributed by atoms with Crippen LogP contribution in [0.3, 0.4) is 0 Å². The van der Waals surface area contributed by atoms with Gasteiger partial charge < -0.3 is 29.1 Å². The molecule has 3 fully saturated rings. The molecule has 4 aliphatic rings. The Kier molecular flexibility index (Phi) is 8.20. The molecule has 1 N–H and O–H groups in total. The summed E-state index contributed by atoms with van der Waals surface area (Å²) < 4.78 is 16.5. The Balaban J connectivity index is 1.23. The highest BCUT2D eigenvalue weighted by atomic mass is 35.5. The second kappa shape index (κ2) is 11.9. The van der Waals surface area contributed by atoms with Crippen LogP contribution in [0.25, 0.3) is 0 Å². The van der Waals surface area contributed by atoms with Gasteiger partial charge in [0, 0.05) is 48.3 Å². The van der Waals surface area contributed by atoms with Gasteiger partial charge in [0.1, 0.15) is 23.9 Å². The van der Waals surface area contributed by atoms with Crippen molar-refractivity contribution in [2.45, 2.75) is 64.0 Å². The van der Waals surface area contributed by atoms with E-state index in [2.05, 4.69) is 0 Å². The lowest BCUT2D eigenvalue weighted by Crippen LogP contribution is -2.50. The molecule has 9 nitrogen and oxygen atoms in total. The van der Waals surface area contributed by atoms with Crippen molar-refractivity contribution in [3.05, 3.63) is 52.0 Å². The molecule has 0 aromatic heterocycles. The number of nitrogens with zero attached hydrogens (tertiary/aromatic N) is 2. The van der Waals surface area contributed by atoms with Crippen LogP contribution in [0.1, 0.15) is 67.7 Å². The van der Waals surface area contributed by atoms with E-state index in [1.807, 2.05) is 4.90 Å². The highest BCUT2D eigenvalue weighted by molar-refractivity contribution is 6.31. The zero-order valence-electron chi connectivity index (χ0n) is 24.8. The van der Waals surface area contributed by atoms with Crippen LogP contribution in [-0.4, -0.2) is 66.5 Å². The molecule has 1 saturated heterocycles. The zero-order valence-corrected chi connectivity index (χ0v) is 25.5. The maximum absolute atomic E-state index is 14.4. The van der Waals surface area contributed by atoms with E-state index in [0.29, 0.717) is 73.0 Å². The van der Waals surface area contributed by atoms with E-state index in [-0.39, 0.29) is 29.6 Å². The van der Waals surface area contributed by atoms with Crippen molar-refractivity contribution in [3.8, 4) is 17.2 Å². The van der Waals surface area contributed by atoms with Gasteiger partial charge in [-0.05, 0) is 67.3 Å². The summed E-state index contributed by atoms with van der Waals surface area (Å²) in [5.74, 6) is -0.307. The first-order valence-electron chi connectivity index (χ1n) is 15.2. The number of ether oxygens (including phenoxy) is 3. The van der Waals surface area contributed by atoms with E-state index < -0.39 is 23.8 Å². The molecule has 43 heavy (non-hydrogen) atoms. The lowest BCUT2D eigenvalue weighted by molar-refractivity contribution is -0.159. The molecule has 2 aliphatic heterocycles. The standard InChI is InChI=1S/C33H39ClN2O7/c1-41-21-8-7-20(28(15-21)42-2)18-43-32(40)23-6-4-3-5-22(23)31(39)36-14-11-24-25(34)9-10-27(37)30(24)26(36)17-35-19-33(12-13-33)16-29(35)38/h7-10,15,22-23,26,37H,3-6,11-14,16-19H2,1-2H3/t22-,23?,26?/m1/s1. The van der Waals surface area contributed by atoms with E-state index in [1.165, 1.54) is 0 Å².